The van der Waals surface area contributed by atoms with Crippen molar-refractivity contribution in [3.63, 3.8) is 0 Å². The van der Waals surface area contributed by atoms with Gasteiger partial charge >= 0.3 is 0 Å². The Morgan fingerprint density at radius 2 is 1.40 bits per heavy atom. The molecule has 0 atom stereocenters. The maximum Gasteiger partial charge on any atom is -0.00233 e. The van der Waals surface area contributed by atoms with Gasteiger partial charge in [0.05, 0.1) is 0 Å². The molecule has 1 aliphatic rings. The maximum atomic E-state index is 2.38. The van der Waals surface area contributed by atoms with E-state index in [0.717, 1.165) is 0 Å². The molecule has 1 aliphatic carbocycles. The summed E-state index contributed by atoms with van der Waals surface area (Å²) in [5.41, 5.74) is 8.49. The molecule has 0 nitrogen and oxygen atoms in total. The zero-order valence-corrected chi connectivity index (χ0v) is 12.2. The smallest absolute Gasteiger partial charge is 0.00233 e. The van der Waals surface area contributed by atoms with Crippen LogP contribution in [0.3, 0.4) is 0 Å². The van der Waals surface area contributed by atoms with Crippen LogP contribution in [0, 0.1) is 6.92 Å². The van der Waals surface area contributed by atoms with Crippen LogP contribution in [0.15, 0.2) is 48.5 Å². The Hall–Kier alpha value is -2.08. The van der Waals surface area contributed by atoms with Crippen LogP contribution >= 0.6 is 0 Å². The normalized spacial score (nSPS) is 12.2. The molecule has 0 spiro atoms. The van der Waals surface area contributed by atoms with E-state index in [1.54, 1.807) is 0 Å². The Morgan fingerprint density at radius 3 is 2.10 bits per heavy atom. The second-order valence-electron chi connectivity index (χ2n) is 6.08. The van der Waals surface area contributed by atoms with Crippen molar-refractivity contribution in [1.29, 1.82) is 0 Å². The second kappa shape index (κ2) is 3.96. The van der Waals surface area contributed by atoms with Gasteiger partial charge in [0.1, 0.15) is 0 Å². The lowest BCUT2D eigenvalue weighted by molar-refractivity contribution is 0.867. The summed E-state index contributed by atoms with van der Waals surface area (Å²) < 4.78 is 0. The molecule has 98 valence electrons. The summed E-state index contributed by atoms with van der Waals surface area (Å²) in [5.74, 6) is 0.558. The van der Waals surface area contributed by atoms with Gasteiger partial charge in [-0.05, 0) is 57.0 Å². The molecule has 3 aromatic carbocycles. The summed E-state index contributed by atoms with van der Waals surface area (Å²) in [4.78, 5) is 0. The fourth-order valence-electron chi connectivity index (χ4n) is 3.80. The van der Waals surface area contributed by atoms with E-state index in [-0.39, 0.29) is 0 Å². The highest BCUT2D eigenvalue weighted by Crippen LogP contribution is 2.49. The molecule has 0 unspecified atom stereocenters. The van der Waals surface area contributed by atoms with Gasteiger partial charge < -0.3 is 0 Å². The maximum absolute atomic E-state index is 2.38. The molecule has 0 aliphatic heterocycles. The summed E-state index contributed by atoms with van der Waals surface area (Å²) in [6, 6.07) is 17.9. The first-order chi connectivity index (χ1) is 9.68. The van der Waals surface area contributed by atoms with Gasteiger partial charge in [-0.15, -0.1) is 0 Å². The molecule has 0 bridgehead atoms. The highest BCUT2D eigenvalue weighted by atomic mass is 14.3. The van der Waals surface area contributed by atoms with Gasteiger partial charge in [-0.1, -0.05) is 62.4 Å². The molecular formula is C20H18. The Balaban J connectivity index is 2.23. The first-order valence-corrected chi connectivity index (χ1v) is 7.34. The Bertz CT molecular complexity index is 838. The lowest BCUT2D eigenvalue weighted by Crippen LogP contribution is -1.94. The molecule has 0 saturated heterocycles. The van der Waals surface area contributed by atoms with E-state index in [4.69, 9.17) is 0 Å². The largest absolute Gasteiger partial charge is 0.0616 e. The molecule has 0 radical (unpaired) electrons. The summed E-state index contributed by atoms with van der Waals surface area (Å²) in [5, 5.41) is 2.88. The summed E-state index contributed by atoms with van der Waals surface area (Å²) in [6.07, 6.45) is 0. The predicted octanol–water partition coefficient (Wildman–Crippen LogP) is 5.92. The molecule has 0 aromatic heterocycles. The molecule has 0 N–H and O–H groups in total. The first kappa shape index (κ1) is 11.7. The standard InChI is InChI=1S/C20H18/c1-12(2)19-13(3)11-18-15-8-5-4-7-14(15)16-9-6-10-17(19)20(16)18/h4-12H,1-3H3. The van der Waals surface area contributed by atoms with Crippen LogP contribution < -0.4 is 0 Å². The van der Waals surface area contributed by atoms with Crippen LogP contribution in [0.5, 0.6) is 0 Å². The number of hydrogen-bond donors (Lipinski definition) is 0. The Morgan fingerprint density at radius 1 is 0.750 bits per heavy atom. The van der Waals surface area contributed by atoms with Crippen LogP contribution in [-0.4, -0.2) is 0 Å². The van der Waals surface area contributed by atoms with Crippen molar-refractivity contribution in [3.05, 3.63) is 59.7 Å². The molecule has 0 heteroatoms. The summed E-state index contributed by atoms with van der Waals surface area (Å²) >= 11 is 0. The molecule has 3 aromatic rings. The molecule has 0 fully saturated rings. The van der Waals surface area contributed by atoms with Crippen LogP contribution in [0.25, 0.3) is 33.0 Å². The fraction of sp³-hybridized carbons (Fsp3) is 0.200. The van der Waals surface area contributed by atoms with Gasteiger partial charge in [-0.2, -0.15) is 0 Å². The number of aryl methyl sites for hydroxylation is 1. The monoisotopic (exact) mass is 258 g/mol. The predicted molar refractivity (Wildman–Crippen MR) is 87.2 cm³/mol. The van der Waals surface area contributed by atoms with E-state index in [0.29, 0.717) is 5.92 Å². The van der Waals surface area contributed by atoms with Crippen molar-refractivity contribution in [2.75, 3.05) is 0 Å². The van der Waals surface area contributed by atoms with E-state index in [2.05, 4.69) is 69.3 Å². The second-order valence-corrected chi connectivity index (χ2v) is 6.08. The lowest BCUT2D eigenvalue weighted by Gasteiger charge is -2.15. The third-order valence-electron chi connectivity index (χ3n) is 4.49. The van der Waals surface area contributed by atoms with Crippen molar-refractivity contribution in [3.8, 4) is 22.3 Å². The highest BCUT2D eigenvalue weighted by Gasteiger charge is 2.23. The summed E-state index contributed by atoms with van der Waals surface area (Å²) in [7, 11) is 0. The average Bonchev–Trinajstić information content (AvgIpc) is 2.75. The zero-order valence-electron chi connectivity index (χ0n) is 12.2. The quantitative estimate of drug-likeness (QED) is 0.397. The van der Waals surface area contributed by atoms with E-state index in [1.165, 1.54) is 44.2 Å². The van der Waals surface area contributed by atoms with Gasteiger partial charge in [0.15, 0.2) is 0 Å². The molecule has 20 heavy (non-hydrogen) atoms. The zero-order chi connectivity index (χ0) is 13.9. The van der Waals surface area contributed by atoms with E-state index in [9.17, 15) is 0 Å². The van der Waals surface area contributed by atoms with Crippen LogP contribution in [0.2, 0.25) is 0 Å². The van der Waals surface area contributed by atoms with Crippen LogP contribution in [0.1, 0.15) is 30.9 Å². The Kier molecular flexibility index (Phi) is 2.32. The molecule has 0 amide bonds. The molecule has 0 saturated carbocycles. The third kappa shape index (κ3) is 1.37. The number of benzene rings is 3. The number of rotatable bonds is 1. The minimum Gasteiger partial charge on any atom is -0.0616 e. The van der Waals surface area contributed by atoms with E-state index in [1.807, 2.05) is 0 Å². The minimum absolute atomic E-state index is 0.558. The van der Waals surface area contributed by atoms with Crippen molar-refractivity contribution >= 4 is 10.8 Å². The highest BCUT2D eigenvalue weighted by molar-refractivity contribution is 6.16. The minimum atomic E-state index is 0.558. The Labute approximate surface area is 120 Å². The molecule has 4 rings (SSSR count). The topological polar surface area (TPSA) is 0 Å². The fourth-order valence-corrected chi connectivity index (χ4v) is 3.80. The van der Waals surface area contributed by atoms with Crippen molar-refractivity contribution in [2.24, 2.45) is 0 Å². The van der Waals surface area contributed by atoms with Gasteiger partial charge in [0.2, 0.25) is 0 Å². The molecule has 0 heterocycles. The molecular weight excluding hydrogens is 240 g/mol. The van der Waals surface area contributed by atoms with E-state index >= 15 is 0 Å². The third-order valence-corrected chi connectivity index (χ3v) is 4.49. The lowest BCUT2D eigenvalue weighted by atomic mass is 9.89. The number of hydrogen-bond acceptors (Lipinski definition) is 0. The first-order valence-electron chi connectivity index (χ1n) is 7.34. The van der Waals surface area contributed by atoms with Crippen molar-refractivity contribution in [1.82, 2.24) is 0 Å². The van der Waals surface area contributed by atoms with Gasteiger partial charge in [0.25, 0.3) is 0 Å². The van der Waals surface area contributed by atoms with Crippen molar-refractivity contribution < 1.29 is 0 Å². The van der Waals surface area contributed by atoms with E-state index < -0.39 is 0 Å². The number of fused-ring (bicyclic) bond motifs is 3. The van der Waals surface area contributed by atoms with Gasteiger partial charge in [0, 0.05) is 0 Å². The van der Waals surface area contributed by atoms with Crippen molar-refractivity contribution in [2.45, 2.75) is 26.7 Å². The SMILES string of the molecule is Cc1cc2c3c(cccc3c1C(C)C)-c1ccccc1-2. The van der Waals surface area contributed by atoms with Crippen LogP contribution in [0.4, 0.5) is 0 Å². The van der Waals surface area contributed by atoms with Gasteiger partial charge in [-0.3, -0.25) is 0 Å². The summed E-state index contributed by atoms with van der Waals surface area (Å²) in [6.45, 7) is 6.83. The van der Waals surface area contributed by atoms with Crippen LogP contribution in [-0.2, 0) is 0 Å². The average molecular weight is 258 g/mol. The van der Waals surface area contributed by atoms with Gasteiger partial charge in [-0.25, -0.2) is 0 Å².